The van der Waals surface area contributed by atoms with E-state index in [4.69, 9.17) is 0 Å². The van der Waals surface area contributed by atoms with Crippen molar-refractivity contribution in [3.63, 3.8) is 0 Å². The number of nitrogens with zero attached hydrogens (tertiary/aromatic N) is 4. The first-order valence-electron chi connectivity index (χ1n) is 7.75. The highest BCUT2D eigenvalue weighted by Crippen LogP contribution is 2.25. The minimum Gasteiger partial charge on any atom is -0.476 e. The van der Waals surface area contributed by atoms with Crippen LogP contribution in [0.15, 0.2) is 12.4 Å². The molecule has 0 radical (unpaired) electrons. The van der Waals surface area contributed by atoms with Gasteiger partial charge in [-0.15, -0.1) is 0 Å². The van der Waals surface area contributed by atoms with Gasteiger partial charge in [0.1, 0.15) is 0 Å². The lowest BCUT2D eigenvalue weighted by molar-refractivity contribution is 0.0690. The normalized spacial score (nSPS) is 20.9. The highest BCUT2D eigenvalue weighted by Gasteiger charge is 2.26. The summed E-state index contributed by atoms with van der Waals surface area (Å²) in [4.78, 5) is 24.0. The molecule has 1 N–H and O–H groups in total. The van der Waals surface area contributed by atoms with Gasteiger partial charge in [-0.05, 0) is 44.7 Å². The van der Waals surface area contributed by atoms with E-state index in [0.29, 0.717) is 5.82 Å². The van der Waals surface area contributed by atoms with E-state index in [1.807, 2.05) is 0 Å². The maximum absolute atomic E-state index is 11.2. The van der Waals surface area contributed by atoms with Gasteiger partial charge in [-0.25, -0.2) is 14.8 Å². The fourth-order valence-electron chi connectivity index (χ4n) is 3.37. The lowest BCUT2D eigenvalue weighted by Crippen LogP contribution is -2.39. The minimum absolute atomic E-state index is 0.0653. The molecular formula is C15H22N4O2. The molecule has 0 spiro atoms. The molecule has 3 heterocycles. The van der Waals surface area contributed by atoms with Crippen molar-refractivity contribution < 1.29 is 9.90 Å². The first kappa shape index (κ1) is 14.3. The van der Waals surface area contributed by atoms with Crippen molar-refractivity contribution in [1.29, 1.82) is 0 Å². The van der Waals surface area contributed by atoms with Crippen LogP contribution in [0.2, 0.25) is 0 Å². The van der Waals surface area contributed by atoms with E-state index in [1.165, 1.54) is 38.7 Å². The standard InChI is InChI=1S/C15H22N4O2/c20-15(21)13-14(17-6-5-16-13)19-9-3-12(4-10-19)11-18-7-1-2-8-18/h5-6,12H,1-4,7-11H2,(H,20,21). The Bertz CT molecular complexity index is 494. The van der Waals surface area contributed by atoms with Crippen LogP contribution in [0, 0.1) is 5.92 Å². The van der Waals surface area contributed by atoms with Crippen molar-refractivity contribution in [1.82, 2.24) is 14.9 Å². The molecule has 0 aliphatic carbocycles. The number of piperidine rings is 1. The van der Waals surface area contributed by atoms with E-state index in [9.17, 15) is 9.90 Å². The molecule has 6 nitrogen and oxygen atoms in total. The Morgan fingerprint density at radius 1 is 1.14 bits per heavy atom. The number of likely N-dealkylation sites (tertiary alicyclic amines) is 1. The predicted octanol–water partition coefficient (Wildman–Crippen LogP) is 1.49. The van der Waals surface area contributed by atoms with Crippen LogP contribution in [0.5, 0.6) is 0 Å². The van der Waals surface area contributed by atoms with Gasteiger partial charge < -0.3 is 14.9 Å². The van der Waals surface area contributed by atoms with E-state index in [0.717, 1.165) is 31.8 Å². The second-order valence-corrected chi connectivity index (χ2v) is 5.97. The van der Waals surface area contributed by atoms with Gasteiger partial charge in [-0.2, -0.15) is 0 Å². The second-order valence-electron chi connectivity index (χ2n) is 5.97. The quantitative estimate of drug-likeness (QED) is 0.906. The largest absolute Gasteiger partial charge is 0.476 e. The molecule has 21 heavy (non-hydrogen) atoms. The molecule has 0 unspecified atom stereocenters. The second kappa shape index (κ2) is 6.39. The average Bonchev–Trinajstić information content (AvgIpc) is 3.01. The molecule has 0 bridgehead atoms. The highest BCUT2D eigenvalue weighted by atomic mass is 16.4. The lowest BCUT2D eigenvalue weighted by Gasteiger charge is -2.34. The molecule has 1 aromatic heterocycles. The Morgan fingerprint density at radius 3 is 2.48 bits per heavy atom. The third kappa shape index (κ3) is 3.32. The maximum atomic E-state index is 11.2. The molecule has 2 saturated heterocycles. The average molecular weight is 290 g/mol. The smallest absolute Gasteiger partial charge is 0.358 e. The van der Waals surface area contributed by atoms with Crippen molar-refractivity contribution in [3.8, 4) is 0 Å². The monoisotopic (exact) mass is 290 g/mol. The van der Waals surface area contributed by atoms with Crippen LogP contribution >= 0.6 is 0 Å². The number of hydrogen-bond acceptors (Lipinski definition) is 5. The summed E-state index contributed by atoms with van der Waals surface area (Å²) in [6.07, 6.45) is 7.88. The number of hydrogen-bond donors (Lipinski definition) is 1. The summed E-state index contributed by atoms with van der Waals surface area (Å²) >= 11 is 0. The van der Waals surface area contributed by atoms with E-state index < -0.39 is 5.97 Å². The molecule has 0 aromatic carbocycles. The Morgan fingerprint density at radius 2 is 1.81 bits per heavy atom. The molecule has 2 aliphatic rings. The Balaban J connectivity index is 1.59. The van der Waals surface area contributed by atoms with Gasteiger partial charge in [-0.1, -0.05) is 0 Å². The van der Waals surface area contributed by atoms with Crippen molar-refractivity contribution in [2.45, 2.75) is 25.7 Å². The van der Waals surface area contributed by atoms with Gasteiger partial charge in [0.05, 0.1) is 0 Å². The summed E-state index contributed by atoms with van der Waals surface area (Å²) in [6.45, 7) is 5.43. The van der Waals surface area contributed by atoms with Gasteiger partial charge in [-0.3, -0.25) is 0 Å². The molecule has 1 aromatic rings. The topological polar surface area (TPSA) is 69.6 Å². The van der Waals surface area contributed by atoms with Gasteiger partial charge in [0.25, 0.3) is 0 Å². The van der Waals surface area contributed by atoms with E-state index in [2.05, 4.69) is 19.8 Å². The predicted molar refractivity (Wildman–Crippen MR) is 79.6 cm³/mol. The van der Waals surface area contributed by atoms with Crippen LogP contribution < -0.4 is 4.90 Å². The number of anilines is 1. The van der Waals surface area contributed by atoms with Gasteiger partial charge in [0.2, 0.25) is 0 Å². The first-order valence-corrected chi connectivity index (χ1v) is 7.75. The Labute approximate surface area is 124 Å². The minimum atomic E-state index is -1.00. The molecule has 114 valence electrons. The van der Waals surface area contributed by atoms with Gasteiger partial charge >= 0.3 is 5.97 Å². The molecule has 3 rings (SSSR count). The molecule has 0 amide bonds. The van der Waals surface area contributed by atoms with Crippen LogP contribution in [0.3, 0.4) is 0 Å². The molecular weight excluding hydrogens is 268 g/mol. The van der Waals surface area contributed by atoms with Crippen LogP contribution in [-0.4, -0.2) is 58.7 Å². The van der Waals surface area contributed by atoms with Crippen molar-refractivity contribution in [3.05, 3.63) is 18.1 Å². The molecule has 6 heteroatoms. The number of aromatic carboxylic acids is 1. The van der Waals surface area contributed by atoms with Gasteiger partial charge in [0.15, 0.2) is 11.5 Å². The highest BCUT2D eigenvalue weighted by molar-refractivity contribution is 5.90. The maximum Gasteiger partial charge on any atom is 0.358 e. The molecule has 2 fully saturated rings. The molecule has 0 saturated carbocycles. The third-order valence-electron chi connectivity index (χ3n) is 4.51. The summed E-state index contributed by atoms with van der Waals surface area (Å²) in [7, 11) is 0. The number of rotatable bonds is 4. The van der Waals surface area contributed by atoms with Crippen molar-refractivity contribution >= 4 is 11.8 Å². The van der Waals surface area contributed by atoms with E-state index in [-0.39, 0.29) is 5.69 Å². The summed E-state index contributed by atoms with van der Waals surface area (Å²) in [6, 6.07) is 0. The van der Waals surface area contributed by atoms with E-state index in [1.54, 1.807) is 6.20 Å². The zero-order valence-electron chi connectivity index (χ0n) is 12.2. The third-order valence-corrected chi connectivity index (χ3v) is 4.51. The Hall–Kier alpha value is -1.69. The molecule has 2 aliphatic heterocycles. The van der Waals surface area contributed by atoms with Crippen LogP contribution in [-0.2, 0) is 0 Å². The van der Waals surface area contributed by atoms with Crippen LogP contribution in [0.4, 0.5) is 5.82 Å². The van der Waals surface area contributed by atoms with Crippen molar-refractivity contribution in [2.75, 3.05) is 37.6 Å². The summed E-state index contributed by atoms with van der Waals surface area (Å²) in [5, 5.41) is 9.20. The number of carboxylic acids is 1. The fourth-order valence-corrected chi connectivity index (χ4v) is 3.37. The fraction of sp³-hybridized carbons (Fsp3) is 0.667. The molecule has 0 atom stereocenters. The van der Waals surface area contributed by atoms with E-state index >= 15 is 0 Å². The lowest BCUT2D eigenvalue weighted by atomic mass is 9.96. The number of carboxylic acid groups (broad SMARTS) is 1. The van der Waals surface area contributed by atoms with Gasteiger partial charge in [0, 0.05) is 32.0 Å². The van der Waals surface area contributed by atoms with Crippen molar-refractivity contribution in [2.24, 2.45) is 5.92 Å². The van der Waals surface area contributed by atoms with Crippen LogP contribution in [0.1, 0.15) is 36.2 Å². The Kier molecular flexibility index (Phi) is 4.34. The summed E-state index contributed by atoms with van der Waals surface area (Å²) in [5.41, 5.74) is 0.0653. The summed E-state index contributed by atoms with van der Waals surface area (Å²) < 4.78 is 0. The first-order chi connectivity index (χ1) is 10.2. The summed E-state index contributed by atoms with van der Waals surface area (Å²) in [5.74, 6) is 0.242. The number of aromatic nitrogens is 2. The number of carbonyl (C=O) groups is 1. The van der Waals surface area contributed by atoms with Crippen LogP contribution in [0.25, 0.3) is 0 Å². The zero-order chi connectivity index (χ0) is 14.7. The SMILES string of the molecule is O=C(O)c1nccnc1N1CCC(CN2CCCC2)CC1. The zero-order valence-corrected chi connectivity index (χ0v) is 12.2.